The number of nitrogens with two attached hydrogens (primary N) is 1. The van der Waals surface area contributed by atoms with Gasteiger partial charge in [-0.3, -0.25) is 0 Å². The molecule has 0 unspecified atom stereocenters. The van der Waals surface area contributed by atoms with Crippen LogP contribution in [-0.4, -0.2) is 19.1 Å². The maximum atomic E-state index is 13.5. The lowest BCUT2D eigenvalue weighted by molar-refractivity contribution is 0.181. The first kappa shape index (κ1) is 15.8. The minimum absolute atomic E-state index is 0.252. The Balaban J connectivity index is 1.91. The molecule has 3 N–H and O–H groups in total. The number of guanidine groups is 1. The summed E-state index contributed by atoms with van der Waals surface area (Å²) in [5.41, 5.74) is 7.39. The molecule has 1 aromatic carbocycles. The molecule has 1 fully saturated rings. The van der Waals surface area contributed by atoms with Crippen LogP contribution in [0.5, 0.6) is 0 Å². The Morgan fingerprint density at radius 3 is 2.86 bits per heavy atom. The van der Waals surface area contributed by atoms with Gasteiger partial charge in [-0.1, -0.05) is 25.3 Å². The lowest BCUT2D eigenvalue weighted by Gasteiger charge is -2.23. The summed E-state index contributed by atoms with van der Waals surface area (Å²) < 4.78 is 18.5. The quantitative estimate of drug-likeness (QED) is 0.648. The van der Waals surface area contributed by atoms with Gasteiger partial charge in [0.2, 0.25) is 0 Å². The van der Waals surface area contributed by atoms with Crippen LogP contribution in [0, 0.1) is 5.82 Å². The van der Waals surface area contributed by atoms with Gasteiger partial charge >= 0.3 is 0 Å². The van der Waals surface area contributed by atoms with Crippen LogP contribution in [0.1, 0.15) is 43.2 Å². The summed E-state index contributed by atoms with van der Waals surface area (Å²) in [7, 11) is 1.55. The van der Waals surface area contributed by atoms with E-state index in [-0.39, 0.29) is 12.4 Å². The Bertz CT molecular complexity index is 484. The van der Waals surface area contributed by atoms with E-state index in [1.807, 2.05) is 0 Å². The van der Waals surface area contributed by atoms with Crippen molar-refractivity contribution in [3.05, 3.63) is 35.1 Å². The van der Waals surface area contributed by atoms with Gasteiger partial charge in [0, 0.05) is 18.7 Å². The maximum absolute atomic E-state index is 13.5. The molecule has 5 heteroatoms. The zero-order valence-electron chi connectivity index (χ0n) is 12.6. The van der Waals surface area contributed by atoms with Crippen molar-refractivity contribution in [3.63, 3.8) is 0 Å². The molecule has 1 aromatic rings. The SMILES string of the molecule is COCc1cc(CN=C(N)NC2CCCCC2)ccc1F. The highest BCUT2D eigenvalue weighted by atomic mass is 19.1. The van der Waals surface area contributed by atoms with E-state index >= 15 is 0 Å². The summed E-state index contributed by atoms with van der Waals surface area (Å²) in [5, 5.41) is 3.27. The molecule has 0 saturated heterocycles. The van der Waals surface area contributed by atoms with E-state index in [1.54, 1.807) is 19.2 Å². The number of ether oxygens (including phenoxy) is 1. The Labute approximate surface area is 125 Å². The van der Waals surface area contributed by atoms with Crippen LogP contribution in [0.25, 0.3) is 0 Å². The molecule has 0 spiro atoms. The predicted molar refractivity (Wildman–Crippen MR) is 82.4 cm³/mol. The number of halogens is 1. The molecule has 2 rings (SSSR count). The van der Waals surface area contributed by atoms with Gasteiger partial charge in [-0.25, -0.2) is 9.38 Å². The third kappa shape index (κ3) is 5.01. The number of benzene rings is 1. The molecule has 21 heavy (non-hydrogen) atoms. The summed E-state index contributed by atoms with van der Waals surface area (Å²) in [4.78, 5) is 4.34. The van der Waals surface area contributed by atoms with Gasteiger partial charge in [0.15, 0.2) is 5.96 Å². The van der Waals surface area contributed by atoms with E-state index < -0.39 is 0 Å². The zero-order valence-corrected chi connectivity index (χ0v) is 12.6. The normalized spacial score (nSPS) is 17.0. The number of aliphatic imine (C=N–C) groups is 1. The molecule has 1 saturated carbocycles. The molecule has 0 radical (unpaired) electrons. The summed E-state index contributed by atoms with van der Waals surface area (Å²) in [6.45, 7) is 0.710. The average molecular weight is 293 g/mol. The van der Waals surface area contributed by atoms with Gasteiger partial charge in [0.25, 0.3) is 0 Å². The monoisotopic (exact) mass is 293 g/mol. The van der Waals surface area contributed by atoms with Gasteiger partial charge in [0.05, 0.1) is 13.2 Å². The van der Waals surface area contributed by atoms with E-state index in [2.05, 4.69) is 10.3 Å². The lowest BCUT2D eigenvalue weighted by atomic mass is 9.96. The van der Waals surface area contributed by atoms with E-state index in [0.29, 0.717) is 24.1 Å². The van der Waals surface area contributed by atoms with Crippen LogP contribution < -0.4 is 11.1 Å². The molecular formula is C16H24FN3O. The van der Waals surface area contributed by atoms with E-state index in [1.165, 1.54) is 25.3 Å². The highest BCUT2D eigenvalue weighted by Crippen LogP contribution is 2.17. The minimum atomic E-state index is -0.252. The fraction of sp³-hybridized carbons (Fsp3) is 0.562. The van der Waals surface area contributed by atoms with Gasteiger partial charge in [0.1, 0.15) is 5.82 Å². The Kier molecular flexibility index (Phi) is 5.99. The third-order valence-corrected chi connectivity index (χ3v) is 3.80. The fourth-order valence-corrected chi connectivity index (χ4v) is 2.67. The second-order valence-corrected chi connectivity index (χ2v) is 5.54. The molecule has 0 heterocycles. The topological polar surface area (TPSA) is 59.6 Å². The third-order valence-electron chi connectivity index (χ3n) is 3.80. The second kappa shape index (κ2) is 7.98. The molecule has 0 aliphatic heterocycles. The molecule has 0 aromatic heterocycles. The molecule has 0 bridgehead atoms. The van der Waals surface area contributed by atoms with Crippen molar-refractivity contribution in [2.45, 2.75) is 51.3 Å². The van der Waals surface area contributed by atoms with E-state index in [9.17, 15) is 4.39 Å². The first-order valence-electron chi connectivity index (χ1n) is 7.51. The van der Waals surface area contributed by atoms with Crippen molar-refractivity contribution in [1.29, 1.82) is 0 Å². The number of methoxy groups -OCH3 is 1. The lowest BCUT2D eigenvalue weighted by Crippen LogP contribution is -2.41. The number of hydrogen-bond donors (Lipinski definition) is 2. The molecular weight excluding hydrogens is 269 g/mol. The molecule has 1 aliphatic rings. The second-order valence-electron chi connectivity index (χ2n) is 5.54. The van der Waals surface area contributed by atoms with E-state index in [0.717, 1.165) is 18.4 Å². The Morgan fingerprint density at radius 2 is 2.14 bits per heavy atom. The van der Waals surface area contributed by atoms with E-state index in [4.69, 9.17) is 10.5 Å². The number of nitrogens with zero attached hydrogens (tertiary/aromatic N) is 1. The van der Waals surface area contributed by atoms with Crippen molar-refractivity contribution in [2.24, 2.45) is 10.7 Å². The fourth-order valence-electron chi connectivity index (χ4n) is 2.67. The van der Waals surface area contributed by atoms with Crippen LogP contribution in [0.2, 0.25) is 0 Å². The Hall–Kier alpha value is -1.62. The minimum Gasteiger partial charge on any atom is -0.380 e. The van der Waals surface area contributed by atoms with Crippen LogP contribution >= 0.6 is 0 Å². The van der Waals surface area contributed by atoms with Gasteiger partial charge in [-0.15, -0.1) is 0 Å². The molecule has 116 valence electrons. The van der Waals surface area contributed by atoms with Crippen molar-refractivity contribution in [3.8, 4) is 0 Å². The first-order chi connectivity index (χ1) is 10.2. The van der Waals surface area contributed by atoms with Crippen molar-refractivity contribution in [1.82, 2.24) is 5.32 Å². The number of rotatable bonds is 5. The zero-order chi connectivity index (χ0) is 15.1. The summed E-state index contributed by atoms with van der Waals surface area (Å²) in [6, 6.07) is 5.39. The molecule has 4 nitrogen and oxygen atoms in total. The van der Waals surface area contributed by atoms with Crippen molar-refractivity contribution < 1.29 is 9.13 Å². The van der Waals surface area contributed by atoms with Gasteiger partial charge in [-0.2, -0.15) is 0 Å². The largest absolute Gasteiger partial charge is 0.380 e. The standard InChI is InChI=1S/C16H24FN3O/c1-21-11-13-9-12(7-8-15(13)17)10-19-16(18)20-14-5-3-2-4-6-14/h7-9,14H,2-6,10-11H2,1H3,(H3,18,19,20). The number of hydrogen-bond acceptors (Lipinski definition) is 2. The predicted octanol–water partition coefficient (Wildman–Crippen LogP) is 2.71. The average Bonchev–Trinajstić information content (AvgIpc) is 2.49. The summed E-state index contributed by atoms with van der Waals surface area (Å²) in [5.74, 6) is 0.220. The van der Waals surface area contributed by atoms with Crippen molar-refractivity contribution >= 4 is 5.96 Å². The molecule has 1 aliphatic carbocycles. The molecule has 0 amide bonds. The number of nitrogens with one attached hydrogen (secondary N) is 1. The highest BCUT2D eigenvalue weighted by Gasteiger charge is 2.13. The first-order valence-corrected chi connectivity index (χ1v) is 7.51. The van der Waals surface area contributed by atoms with Crippen molar-refractivity contribution in [2.75, 3.05) is 7.11 Å². The van der Waals surface area contributed by atoms with Crippen LogP contribution in [0.15, 0.2) is 23.2 Å². The highest BCUT2D eigenvalue weighted by molar-refractivity contribution is 5.78. The molecule has 0 atom stereocenters. The smallest absolute Gasteiger partial charge is 0.189 e. The van der Waals surface area contributed by atoms with Crippen LogP contribution in [0.3, 0.4) is 0 Å². The van der Waals surface area contributed by atoms with Crippen LogP contribution in [0.4, 0.5) is 4.39 Å². The van der Waals surface area contributed by atoms with Gasteiger partial charge < -0.3 is 15.8 Å². The maximum Gasteiger partial charge on any atom is 0.189 e. The summed E-state index contributed by atoms with van der Waals surface area (Å²) >= 11 is 0. The van der Waals surface area contributed by atoms with Crippen LogP contribution in [-0.2, 0) is 17.9 Å². The summed E-state index contributed by atoms with van der Waals surface area (Å²) in [6.07, 6.45) is 6.13. The van der Waals surface area contributed by atoms with Gasteiger partial charge in [-0.05, 0) is 30.5 Å². The Morgan fingerprint density at radius 1 is 1.38 bits per heavy atom.